The van der Waals surface area contributed by atoms with Crippen molar-refractivity contribution < 1.29 is 28.7 Å². The van der Waals surface area contributed by atoms with Crippen molar-refractivity contribution in [2.45, 2.75) is 25.5 Å². The molecule has 0 unspecified atom stereocenters. The van der Waals surface area contributed by atoms with Gasteiger partial charge in [0.15, 0.2) is 12.7 Å². The molecule has 0 saturated heterocycles. The summed E-state index contributed by atoms with van der Waals surface area (Å²) in [4.78, 5) is 46.6. The summed E-state index contributed by atoms with van der Waals surface area (Å²) >= 11 is 1.49. The molecule has 9 nitrogen and oxygen atoms in total. The van der Waals surface area contributed by atoms with Crippen LogP contribution in [-0.4, -0.2) is 54.6 Å². The van der Waals surface area contributed by atoms with Gasteiger partial charge in [-0.25, -0.2) is 9.59 Å². The standard InChI is InChI=1S/C17H23N3O6S/c1-11(15(22)20-17(18)24)26-16(23)13(8-9-27-2)19-14(21)10-25-12-6-4-3-5-7-12/h3-7,11,13H,8-10H2,1-2H3,(H,19,21)(H3,18,20,22,24)/t11-,13+/m0/s1. The largest absolute Gasteiger partial charge is 0.484 e. The molecule has 0 heterocycles. The second-order valence-electron chi connectivity index (χ2n) is 5.44. The van der Waals surface area contributed by atoms with Crippen molar-refractivity contribution in [1.82, 2.24) is 10.6 Å². The molecule has 1 rings (SSSR count). The fourth-order valence-electron chi connectivity index (χ4n) is 1.92. The summed E-state index contributed by atoms with van der Waals surface area (Å²) in [6.07, 6.45) is 0.923. The number of primary amides is 1. The number of ether oxygens (including phenoxy) is 2. The summed E-state index contributed by atoms with van der Waals surface area (Å²) in [5.41, 5.74) is 4.85. The Bertz CT molecular complexity index is 655. The minimum atomic E-state index is -1.24. The van der Waals surface area contributed by atoms with E-state index in [0.717, 1.165) is 0 Å². The maximum absolute atomic E-state index is 12.3. The Balaban J connectivity index is 2.59. The third kappa shape index (κ3) is 8.95. The Labute approximate surface area is 161 Å². The summed E-state index contributed by atoms with van der Waals surface area (Å²) < 4.78 is 10.3. The molecule has 27 heavy (non-hydrogen) atoms. The molecule has 0 aliphatic heterocycles. The number of carbonyl (C=O) groups excluding carboxylic acids is 4. The summed E-state index contributed by atoms with van der Waals surface area (Å²) in [5.74, 6) is -1.03. The molecule has 148 valence electrons. The number of imide groups is 1. The van der Waals surface area contributed by atoms with E-state index in [4.69, 9.17) is 15.2 Å². The normalized spacial score (nSPS) is 12.4. The third-order valence-corrected chi connectivity index (χ3v) is 3.90. The van der Waals surface area contributed by atoms with Gasteiger partial charge in [0.2, 0.25) is 0 Å². The van der Waals surface area contributed by atoms with Crippen LogP contribution in [0.5, 0.6) is 5.75 Å². The van der Waals surface area contributed by atoms with Gasteiger partial charge in [-0.1, -0.05) is 18.2 Å². The number of amides is 4. The van der Waals surface area contributed by atoms with Crippen LogP contribution < -0.4 is 21.1 Å². The lowest BCUT2D eigenvalue weighted by Gasteiger charge is -2.20. The lowest BCUT2D eigenvalue weighted by atomic mass is 10.2. The first-order valence-corrected chi connectivity index (χ1v) is 9.49. The van der Waals surface area contributed by atoms with E-state index in [1.807, 2.05) is 17.6 Å². The topological polar surface area (TPSA) is 137 Å². The Morgan fingerprint density at radius 2 is 1.85 bits per heavy atom. The maximum atomic E-state index is 12.3. The van der Waals surface area contributed by atoms with Gasteiger partial charge < -0.3 is 20.5 Å². The molecule has 0 bridgehead atoms. The smallest absolute Gasteiger partial charge is 0.329 e. The van der Waals surface area contributed by atoms with Crippen molar-refractivity contribution in [3.8, 4) is 5.75 Å². The van der Waals surface area contributed by atoms with E-state index in [1.165, 1.54) is 18.7 Å². The van der Waals surface area contributed by atoms with Gasteiger partial charge in [-0.05, 0) is 37.5 Å². The average molecular weight is 397 g/mol. The molecule has 0 saturated carbocycles. The third-order valence-electron chi connectivity index (χ3n) is 3.25. The quantitative estimate of drug-likeness (QED) is 0.487. The van der Waals surface area contributed by atoms with E-state index in [9.17, 15) is 19.2 Å². The van der Waals surface area contributed by atoms with Gasteiger partial charge in [0.25, 0.3) is 11.8 Å². The van der Waals surface area contributed by atoms with Crippen molar-refractivity contribution in [1.29, 1.82) is 0 Å². The number of benzene rings is 1. The zero-order valence-electron chi connectivity index (χ0n) is 15.1. The number of urea groups is 1. The minimum absolute atomic E-state index is 0.273. The van der Waals surface area contributed by atoms with Crippen LogP contribution in [0.1, 0.15) is 13.3 Å². The highest BCUT2D eigenvalue weighted by atomic mass is 32.2. The van der Waals surface area contributed by atoms with Crippen LogP contribution in [0.4, 0.5) is 4.79 Å². The van der Waals surface area contributed by atoms with Crippen molar-refractivity contribution >= 4 is 35.6 Å². The Kier molecular flexibility index (Phi) is 9.73. The molecule has 0 fully saturated rings. The van der Waals surface area contributed by atoms with Crippen LogP contribution in [0, 0.1) is 0 Å². The van der Waals surface area contributed by atoms with Crippen LogP contribution in [0.25, 0.3) is 0 Å². The van der Waals surface area contributed by atoms with Gasteiger partial charge in [0.1, 0.15) is 11.8 Å². The first-order valence-electron chi connectivity index (χ1n) is 8.10. The molecular formula is C17H23N3O6S. The van der Waals surface area contributed by atoms with Crippen LogP contribution in [0.15, 0.2) is 30.3 Å². The Morgan fingerprint density at radius 1 is 1.19 bits per heavy atom. The van der Waals surface area contributed by atoms with Gasteiger partial charge in [0.05, 0.1) is 0 Å². The van der Waals surface area contributed by atoms with Crippen LogP contribution in [0.2, 0.25) is 0 Å². The molecule has 4 N–H and O–H groups in total. The van der Waals surface area contributed by atoms with E-state index in [2.05, 4.69) is 5.32 Å². The number of nitrogens with one attached hydrogen (secondary N) is 2. The van der Waals surface area contributed by atoms with Crippen molar-refractivity contribution in [2.75, 3.05) is 18.6 Å². The lowest BCUT2D eigenvalue weighted by Crippen LogP contribution is -2.47. The maximum Gasteiger partial charge on any atom is 0.329 e. The SMILES string of the molecule is CSCC[C@@H](NC(=O)COc1ccccc1)C(=O)O[C@@H](C)C(=O)NC(N)=O. The summed E-state index contributed by atoms with van der Waals surface area (Å²) in [5, 5.41) is 4.35. The molecule has 1 aromatic carbocycles. The molecule has 0 spiro atoms. The van der Waals surface area contributed by atoms with Crippen LogP contribution >= 0.6 is 11.8 Å². The number of nitrogens with two attached hydrogens (primary N) is 1. The van der Waals surface area contributed by atoms with Crippen LogP contribution in [-0.2, 0) is 19.1 Å². The average Bonchev–Trinajstić information content (AvgIpc) is 2.63. The predicted molar refractivity (Wildman–Crippen MR) is 100 cm³/mol. The highest BCUT2D eigenvalue weighted by molar-refractivity contribution is 7.98. The van der Waals surface area contributed by atoms with Crippen LogP contribution in [0.3, 0.4) is 0 Å². The van der Waals surface area contributed by atoms with Gasteiger partial charge in [0, 0.05) is 0 Å². The first kappa shape index (κ1) is 22.3. The number of rotatable bonds is 10. The van der Waals surface area contributed by atoms with E-state index < -0.39 is 36.0 Å². The highest BCUT2D eigenvalue weighted by Crippen LogP contribution is 2.08. The second kappa shape index (κ2) is 11.8. The van der Waals surface area contributed by atoms with E-state index in [1.54, 1.807) is 24.3 Å². The molecule has 2 atom stereocenters. The predicted octanol–water partition coefficient (Wildman–Crippen LogP) is 0.430. The van der Waals surface area contributed by atoms with Crippen molar-refractivity contribution in [3.05, 3.63) is 30.3 Å². The number of esters is 1. The van der Waals surface area contributed by atoms with Gasteiger partial charge >= 0.3 is 12.0 Å². The first-order chi connectivity index (χ1) is 12.8. The molecule has 0 aromatic heterocycles. The molecule has 0 radical (unpaired) electrons. The summed E-state index contributed by atoms with van der Waals surface area (Å²) in [6.45, 7) is 1.02. The second-order valence-corrected chi connectivity index (χ2v) is 6.42. The summed E-state index contributed by atoms with van der Waals surface area (Å²) in [6, 6.07) is 6.75. The number of thioether (sulfide) groups is 1. The molecule has 0 aliphatic rings. The molecule has 4 amide bonds. The zero-order chi connectivity index (χ0) is 20.2. The number of carbonyl (C=O) groups is 4. The highest BCUT2D eigenvalue weighted by Gasteiger charge is 2.26. The molecule has 1 aromatic rings. The van der Waals surface area contributed by atoms with Gasteiger partial charge in [-0.2, -0.15) is 11.8 Å². The minimum Gasteiger partial charge on any atom is -0.484 e. The van der Waals surface area contributed by atoms with Crippen molar-refractivity contribution in [2.24, 2.45) is 5.73 Å². The van der Waals surface area contributed by atoms with E-state index >= 15 is 0 Å². The monoisotopic (exact) mass is 397 g/mol. The van der Waals surface area contributed by atoms with E-state index in [-0.39, 0.29) is 6.61 Å². The lowest BCUT2D eigenvalue weighted by molar-refractivity contribution is -0.157. The number of hydrogen-bond acceptors (Lipinski definition) is 7. The zero-order valence-corrected chi connectivity index (χ0v) is 15.9. The fourth-order valence-corrected chi connectivity index (χ4v) is 2.39. The van der Waals surface area contributed by atoms with Gasteiger partial charge in [-0.15, -0.1) is 0 Å². The van der Waals surface area contributed by atoms with Crippen molar-refractivity contribution in [3.63, 3.8) is 0 Å². The number of hydrogen-bond donors (Lipinski definition) is 3. The van der Waals surface area contributed by atoms with E-state index in [0.29, 0.717) is 17.9 Å². The molecular weight excluding hydrogens is 374 g/mol. The Hall–Kier alpha value is -2.75. The summed E-state index contributed by atoms with van der Waals surface area (Å²) in [7, 11) is 0. The Morgan fingerprint density at radius 3 is 2.44 bits per heavy atom. The number of para-hydroxylation sites is 1. The molecule has 0 aliphatic carbocycles. The molecule has 10 heteroatoms. The fraction of sp³-hybridized carbons (Fsp3) is 0.412. The van der Waals surface area contributed by atoms with Gasteiger partial charge in [-0.3, -0.25) is 14.9 Å².